The summed E-state index contributed by atoms with van der Waals surface area (Å²) in [5, 5.41) is 12.0. The zero-order valence-corrected chi connectivity index (χ0v) is 10.3. The number of ether oxygens (including phenoxy) is 3. The van der Waals surface area contributed by atoms with Crippen LogP contribution in [-0.2, 0) is 0 Å². The maximum atomic E-state index is 8.95. The molecule has 0 saturated heterocycles. The van der Waals surface area contributed by atoms with E-state index in [4.69, 9.17) is 19.5 Å². The van der Waals surface area contributed by atoms with Crippen LogP contribution in [0.3, 0.4) is 0 Å². The van der Waals surface area contributed by atoms with Crippen LogP contribution in [0.2, 0.25) is 0 Å². The fourth-order valence-electron chi connectivity index (χ4n) is 1.61. The lowest BCUT2D eigenvalue weighted by molar-refractivity contribution is 0.173. The van der Waals surface area contributed by atoms with Crippen LogP contribution >= 0.6 is 0 Å². The van der Waals surface area contributed by atoms with Gasteiger partial charge in [0.1, 0.15) is 18.4 Å². The van der Waals surface area contributed by atoms with Gasteiger partial charge in [-0.05, 0) is 25.1 Å². The average Bonchev–Trinajstić information content (AvgIpc) is 2.86. The van der Waals surface area contributed by atoms with Crippen LogP contribution in [0.5, 0.6) is 17.2 Å². The van der Waals surface area contributed by atoms with Gasteiger partial charge >= 0.3 is 0 Å². The van der Waals surface area contributed by atoms with E-state index in [-0.39, 0.29) is 12.8 Å². The lowest BCUT2D eigenvalue weighted by Gasteiger charge is -2.12. The van der Waals surface area contributed by atoms with Gasteiger partial charge < -0.3 is 14.2 Å². The van der Waals surface area contributed by atoms with E-state index in [0.717, 1.165) is 18.7 Å². The van der Waals surface area contributed by atoms with Gasteiger partial charge in [-0.3, -0.25) is 5.32 Å². The molecule has 0 bridgehead atoms. The molecule has 0 saturated carbocycles. The van der Waals surface area contributed by atoms with Crippen molar-refractivity contribution in [1.29, 1.82) is 5.26 Å². The molecule has 96 valence electrons. The molecule has 0 aromatic heterocycles. The quantitative estimate of drug-likeness (QED) is 0.830. The third-order valence-corrected chi connectivity index (χ3v) is 2.56. The number of nitrogens with zero attached hydrogens (tertiary/aromatic N) is 1. The molecule has 1 unspecified atom stereocenters. The highest BCUT2D eigenvalue weighted by Gasteiger charge is 2.14. The standard InChI is InChI=1S/C13H16N2O3/c1-2-5-15-10(7-14)8-16-11-3-4-12-13(6-11)18-9-17-12/h3-4,6,10,15H,2,5,8-9H2,1H3. The van der Waals surface area contributed by atoms with Crippen molar-refractivity contribution in [2.45, 2.75) is 19.4 Å². The Morgan fingerprint density at radius 1 is 1.44 bits per heavy atom. The number of hydrogen-bond donors (Lipinski definition) is 1. The molecular weight excluding hydrogens is 232 g/mol. The Bertz CT molecular complexity index is 442. The summed E-state index contributed by atoms with van der Waals surface area (Å²) in [5.74, 6) is 2.09. The molecular formula is C13H16N2O3. The second kappa shape index (κ2) is 6.12. The van der Waals surface area contributed by atoms with E-state index in [2.05, 4.69) is 18.3 Å². The first-order chi connectivity index (χ1) is 8.83. The molecule has 0 aliphatic carbocycles. The molecule has 1 atom stereocenters. The summed E-state index contributed by atoms with van der Waals surface area (Å²) < 4.78 is 16.0. The van der Waals surface area contributed by atoms with E-state index in [0.29, 0.717) is 18.1 Å². The zero-order valence-electron chi connectivity index (χ0n) is 10.3. The first-order valence-corrected chi connectivity index (χ1v) is 5.99. The average molecular weight is 248 g/mol. The number of fused-ring (bicyclic) bond motifs is 1. The first kappa shape index (κ1) is 12.5. The number of rotatable bonds is 6. The van der Waals surface area contributed by atoms with Gasteiger partial charge in [-0.15, -0.1) is 0 Å². The van der Waals surface area contributed by atoms with Crippen molar-refractivity contribution in [3.8, 4) is 23.3 Å². The Hall–Kier alpha value is -1.93. The van der Waals surface area contributed by atoms with E-state index in [9.17, 15) is 0 Å². The van der Waals surface area contributed by atoms with E-state index in [1.54, 1.807) is 12.1 Å². The molecule has 0 radical (unpaired) electrons. The van der Waals surface area contributed by atoms with Crippen molar-refractivity contribution in [3.63, 3.8) is 0 Å². The van der Waals surface area contributed by atoms with Crippen LogP contribution in [0.4, 0.5) is 0 Å². The number of nitriles is 1. The van der Waals surface area contributed by atoms with Crippen LogP contribution in [0.15, 0.2) is 18.2 Å². The predicted molar refractivity (Wildman–Crippen MR) is 65.8 cm³/mol. The molecule has 1 aliphatic heterocycles. The van der Waals surface area contributed by atoms with Gasteiger partial charge in [0.15, 0.2) is 11.5 Å². The molecule has 0 fully saturated rings. The maximum absolute atomic E-state index is 8.95. The maximum Gasteiger partial charge on any atom is 0.231 e. The molecule has 18 heavy (non-hydrogen) atoms. The third-order valence-electron chi connectivity index (χ3n) is 2.56. The van der Waals surface area contributed by atoms with E-state index < -0.39 is 0 Å². The van der Waals surface area contributed by atoms with Crippen molar-refractivity contribution in [3.05, 3.63) is 18.2 Å². The molecule has 5 heteroatoms. The second-order valence-electron chi connectivity index (χ2n) is 3.96. The topological polar surface area (TPSA) is 63.5 Å². The van der Waals surface area contributed by atoms with Gasteiger partial charge in [0.25, 0.3) is 0 Å². The van der Waals surface area contributed by atoms with Crippen molar-refractivity contribution in [2.75, 3.05) is 19.9 Å². The van der Waals surface area contributed by atoms with E-state index in [1.165, 1.54) is 0 Å². The Labute approximate surface area is 106 Å². The molecule has 1 aliphatic rings. The van der Waals surface area contributed by atoms with Gasteiger partial charge in [-0.2, -0.15) is 5.26 Å². The smallest absolute Gasteiger partial charge is 0.231 e. The van der Waals surface area contributed by atoms with Gasteiger partial charge in [0, 0.05) is 6.07 Å². The Balaban J connectivity index is 1.88. The summed E-state index contributed by atoms with van der Waals surface area (Å²) in [4.78, 5) is 0. The van der Waals surface area contributed by atoms with E-state index in [1.807, 2.05) is 6.07 Å². The minimum atomic E-state index is -0.296. The molecule has 1 aromatic carbocycles. The molecule has 5 nitrogen and oxygen atoms in total. The van der Waals surface area contributed by atoms with Crippen LogP contribution in [0.1, 0.15) is 13.3 Å². The van der Waals surface area contributed by atoms with Gasteiger partial charge in [0.2, 0.25) is 6.79 Å². The summed E-state index contributed by atoms with van der Waals surface area (Å²) in [6.07, 6.45) is 0.988. The zero-order chi connectivity index (χ0) is 12.8. The molecule has 1 N–H and O–H groups in total. The highest BCUT2D eigenvalue weighted by molar-refractivity contribution is 5.46. The first-order valence-electron chi connectivity index (χ1n) is 5.99. The molecule has 0 amide bonds. The van der Waals surface area contributed by atoms with E-state index >= 15 is 0 Å². The lowest BCUT2D eigenvalue weighted by atomic mass is 10.3. The fourth-order valence-corrected chi connectivity index (χ4v) is 1.61. The normalized spacial score (nSPS) is 14.0. The van der Waals surface area contributed by atoms with Crippen LogP contribution < -0.4 is 19.5 Å². The summed E-state index contributed by atoms with van der Waals surface area (Å²) in [5.41, 5.74) is 0. The second-order valence-corrected chi connectivity index (χ2v) is 3.96. The van der Waals surface area contributed by atoms with Gasteiger partial charge in [0.05, 0.1) is 6.07 Å². The minimum absolute atomic E-state index is 0.248. The van der Waals surface area contributed by atoms with Gasteiger partial charge in [-0.1, -0.05) is 6.92 Å². The van der Waals surface area contributed by atoms with Crippen molar-refractivity contribution in [2.24, 2.45) is 0 Å². The minimum Gasteiger partial charge on any atom is -0.491 e. The number of benzene rings is 1. The summed E-state index contributed by atoms with van der Waals surface area (Å²) in [7, 11) is 0. The highest BCUT2D eigenvalue weighted by Crippen LogP contribution is 2.35. The van der Waals surface area contributed by atoms with Crippen LogP contribution in [-0.4, -0.2) is 26.0 Å². The SMILES string of the molecule is CCCNC(C#N)COc1ccc2c(c1)OCO2. The van der Waals surface area contributed by atoms with Crippen molar-refractivity contribution in [1.82, 2.24) is 5.32 Å². The molecule has 0 spiro atoms. The Morgan fingerprint density at radius 2 is 2.28 bits per heavy atom. The summed E-state index contributed by atoms with van der Waals surface area (Å²) >= 11 is 0. The molecule has 2 rings (SSSR count). The summed E-state index contributed by atoms with van der Waals surface area (Å²) in [6.45, 7) is 3.43. The van der Waals surface area contributed by atoms with Crippen molar-refractivity contribution >= 4 is 0 Å². The largest absolute Gasteiger partial charge is 0.491 e. The van der Waals surface area contributed by atoms with Crippen LogP contribution in [0.25, 0.3) is 0 Å². The highest BCUT2D eigenvalue weighted by atomic mass is 16.7. The monoisotopic (exact) mass is 248 g/mol. The van der Waals surface area contributed by atoms with Crippen molar-refractivity contribution < 1.29 is 14.2 Å². The lowest BCUT2D eigenvalue weighted by Crippen LogP contribution is -2.33. The fraction of sp³-hybridized carbons (Fsp3) is 0.462. The number of nitrogens with one attached hydrogen (secondary N) is 1. The Kier molecular flexibility index (Phi) is 4.26. The van der Waals surface area contributed by atoms with Gasteiger partial charge in [-0.25, -0.2) is 0 Å². The molecule has 1 aromatic rings. The predicted octanol–water partition coefficient (Wildman–Crippen LogP) is 1.69. The third kappa shape index (κ3) is 3.05. The summed E-state index contributed by atoms with van der Waals surface area (Å²) in [6, 6.07) is 7.26. The van der Waals surface area contributed by atoms with Crippen LogP contribution in [0, 0.1) is 11.3 Å². The Morgan fingerprint density at radius 3 is 3.06 bits per heavy atom. The molecule has 1 heterocycles. The number of hydrogen-bond acceptors (Lipinski definition) is 5.